The Morgan fingerprint density at radius 3 is 2.52 bits per heavy atom. The van der Waals surface area contributed by atoms with E-state index in [9.17, 15) is 14.4 Å². The highest BCUT2D eigenvalue weighted by Gasteiger charge is 2.38. The molecule has 8 nitrogen and oxygen atoms in total. The molecule has 1 aliphatic heterocycles. The fourth-order valence-electron chi connectivity index (χ4n) is 2.66. The number of halogens is 2. The molecule has 1 aromatic heterocycles. The van der Waals surface area contributed by atoms with E-state index in [2.05, 4.69) is 21.2 Å². The van der Waals surface area contributed by atoms with Crippen molar-refractivity contribution in [2.75, 3.05) is 18.1 Å². The number of nitrogens with one attached hydrogen (secondary N) is 1. The highest BCUT2D eigenvalue weighted by atomic mass is 127. The fraction of sp³-hybridized carbons (Fsp3) is 0.211. The van der Waals surface area contributed by atoms with E-state index in [1.54, 1.807) is 25.1 Å². The molecule has 0 radical (unpaired) electrons. The third-order valence-corrected chi connectivity index (χ3v) is 5.97. The van der Waals surface area contributed by atoms with Crippen molar-refractivity contribution in [3.05, 3.63) is 43.8 Å². The molecule has 3 rings (SSSR count). The number of urea groups is 1. The van der Waals surface area contributed by atoms with E-state index >= 15 is 0 Å². The van der Waals surface area contributed by atoms with Crippen molar-refractivity contribution in [1.82, 2.24) is 5.32 Å². The van der Waals surface area contributed by atoms with Crippen LogP contribution in [-0.2, 0) is 9.59 Å². The van der Waals surface area contributed by atoms with Crippen LogP contribution in [0.4, 0.5) is 10.5 Å². The SMILES string of the molecule is CCOc1ccc(N2C(=O)NC(=O)/C(=C\c3cc(Br)c(I)o3)C2=O)c(OCC)c1. The van der Waals surface area contributed by atoms with Crippen LogP contribution in [0.1, 0.15) is 19.6 Å². The Labute approximate surface area is 188 Å². The number of carbonyl (C=O) groups is 3. The van der Waals surface area contributed by atoms with Gasteiger partial charge in [-0.2, -0.15) is 0 Å². The zero-order valence-corrected chi connectivity index (χ0v) is 19.2. The number of anilines is 1. The second-order valence-electron chi connectivity index (χ2n) is 5.72. The first kappa shape index (κ1) is 21.4. The maximum Gasteiger partial charge on any atom is 0.336 e. The van der Waals surface area contributed by atoms with Crippen molar-refractivity contribution in [3.63, 3.8) is 0 Å². The van der Waals surface area contributed by atoms with Crippen LogP contribution in [0.15, 0.2) is 38.7 Å². The number of rotatable bonds is 6. The quantitative estimate of drug-likeness (QED) is 0.317. The minimum Gasteiger partial charge on any atom is -0.494 e. The Morgan fingerprint density at radius 2 is 1.90 bits per heavy atom. The zero-order valence-electron chi connectivity index (χ0n) is 15.5. The lowest BCUT2D eigenvalue weighted by atomic mass is 10.1. The van der Waals surface area contributed by atoms with Gasteiger partial charge in [0, 0.05) is 28.7 Å². The van der Waals surface area contributed by atoms with E-state index in [0.717, 1.165) is 4.90 Å². The number of hydrogen-bond donors (Lipinski definition) is 1. The summed E-state index contributed by atoms with van der Waals surface area (Å²) in [7, 11) is 0. The van der Waals surface area contributed by atoms with Crippen molar-refractivity contribution in [3.8, 4) is 11.5 Å². The maximum absolute atomic E-state index is 13.0. The summed E-state index contributed by atoms with van der Waals surface area (Å²) in [6, 6.07) is 5.51. The number of benzene rings is 1. The van der Waals surface area contributed by atoms with E-state index in [1.807, 2.05) is 29.5 Å². The minimum absolute atomic E-state index is 0.200. The van der Waals surface area contributed by atoms with Crippen molar-refractivity contribution >= 4 is 68.1 Å². The average molecular weight is 575 g/mol. The third-order valence-electron chi connectivity index (χ3n) is 3.84. The largest absolute Gasteiger partial charge is 0.494 e. The highest BCUT2D eigenvalue weighted by molar-refractivity contribution is 14.1. The fourth-order valence-corrected chi connectivity index (χ4v) is 3.38. The number of carbonyl (C=O) groups excluding carboxylic acids is 3. The molecule has 1 fully saturated rings. The van der Waals surface area contributed by atoms with Gasteiger partial charge in [-0.05, 0) is 54.1 Å². The molecule has 0 bridgehead atoms. The predicted molar refractivity (Wildman–Crippen MR) is 117 cm³/mol. The van der Waals surface area contributed by atoms with Gasteiger partial charge in [-0.25, -0.2) is 9.69 Å². The summed E-state index contributed by atoms with van der Waals surface area (Å²) < 4.78 is 17.8. The van der Waals surface area contributed by atoms with Gasteiger partial charge < -0.3 is 13.9 Å². The Balaban J connectivity index is 2.03. The van der Waals surface area contributed by atoms with Crippen molar-refractivity contribution in [1.29, 1.82) is 0 Å². The van der Waals surface area contributed by atoms with Gasteiger partial charge in [0.05, 0.1) is 23.4 Å². The van der Waals surface area contributed by atoms with Crippen LogP contribution in [0, 0.1) is 3.77 Å². The van der Waals surface area contributed by atoms with Crippen LogP contribution in [-0.4, -0.2) is 31.1 Å². The van der Waals surface area contributed by atoms with Crippen LogP contribution in [0.25, 0.3) is 6.08 Å². The zero-order chi connectivity index (χ0) is 21.1. The van der Waals surface area contributed by atoms with Gasteiger partial charge in [0.1, 0.15) is 22.8 Å². The second-order valence-corrected chi connectivity index (χ2v) is 7.56. The van der Waals surface area contributed by atoms with E-state index in [4.69, 9.17) is 13.9 Å². The summed E-state index contributed by atoms with van der Waals surface area (Å²) in [5, 5.41) is 2.18. The molecule has 1 saturated heterocycles. The average Bonchev–Trinajstić information content (AvgIpc) is 2.98. The lowest BCUT2D eigenvalue weighted by molar-refractivity contribution is -0.122. The van der Waals surface area contributed by atoms with Crippen LogP contribution in [0.5, 0.6) is 11.5 Å². The predicted octanol–water partition coefficient (Wildman–Crippen LogP) is 4.11. The Morgan fingerprint density at radius 1 is 1.17 bits per heavy atom. The molecule has 2 aromatic rings. The molecule has 1 aliphatic rings. The smallest absolute Gasteiger partial charge is 0.336 e. The molecule has 152 valence electrons. The lowest BCUT2D eigenvalue weighted by Gasteiger charge is -2.27. The van der Waals surface area contributed by atoms with Gasteiger partial charge in [-0.3, -0.25) is 14.9 Å². The minimum atomic E-state index is -0.863. The molecule has 10 heteroatoms. The molecule has 1 N–H and O–H groups in total. The normalized spacial score (nSPS) is 15.7. The first-order valence-electron chi connectivity index (χ1n) is 8.61. The Kier molecular flexibility index (Phi) is 6.63. The molecule has 4 amide bonds. The molecule has 0 spiro atoms. The second kappa shape index (κ2) is 8.99. The van der Waals surface area contributed by atoms with Gasteiger partial charge in [-0.1, -0.05) is 0 Å². The number of nitrogens with zero attached hydrogens (tertiary/aromatic N) is 1. The van der Waals surface area contributed by atoms with Crippen LogP contribution in [0.3, 0.4) is 0 Å². The molecular formula is C19H16BrIN2O6. The first-order chi connectivity index (χ1) is 13.8. The van der Waals surface area contributed by atoms with Crippen molar-refractivity contribution < 1.29 is 28.3 Å². The lowest BCUT2D eigenvalue weighted by Crippen LogP contribution is -2.54. The molecule has 0 saturated carbocycles. The van der Waals surface area contributed by atoms with Crippen molar-refractivity contribution in [2.45, 2.75) is 13.8 Å². The van der Waals surface area contributed by atoms with Crippen LogP contribution >= 0.6 is 38.5 Å². The molecule has 29 heavy (non-hydrogen) atoms. The summed E-state index contributed by atoms with van der Waals surface area (Å²) in [6.07, 6.45) is 1.29. The highest BCUT2D eigenvalue weighted by Crippen LogP contribution is 2.35. The Hall–Kier alpha value is -2.34. The molecule has 0 unspecified atom stereocenters. The summed E-state index contributed by atoms with van der Waals surface area (Å²) in [4.78, 5) is 38.7. The number of ether oxygens (including phenoxy) is 2. The van der Waals surface area contributed by atoms with Crippen LogP contribution < -0.4 is 19.7 Å². The summed E-state index contributed by atoms with van der Waals surface area (Å²) in [5.41, 5.74) is -0.0370. The topological polar surface area (TPSA) is 98.1 Å². The number of barbiturate groups is 1. The van der Waals surface area contributed by atoms with Gasteiger partial charge in [0.2, 0.25) is 0 Å². The van der Waals surface area contributed by atoms with E-state index in [-0.39, 0.29) is 17.0 Å². The number of imide groups is 2. The summed E-state index contributed by atoms with van der Waals surface area (Å²) in [5.74, 6) is -0.475. The molecule has 1 aromatic carbocycles. The van der Waals surface area contributed by atoms with E-state index in [1.165, 1.54) is 12.1 Å². The third kappa shape index (κ3) is 4.47. The summed E-state index contributed by atoms with van der Waals surface area (Å²) in [6.45, 7) is 4.38. The van der Waals surface area contributed by atoms with E-state index in [0.29, 0.717) is 33.0 Å². The number of hydrogen-bond acceptors (Lipinski definition) is 6. The number of furan rings is 1. The van der Waals surface area contributed by atoms with Gasteiger partial charge in [0.15, 0.2) is 3.77 Å². The van der Waals surface area contributed by atoms with Gasteiger partial charge >= 0.3 is 6.03 Å². The number of amides is 4. The molecule has 2 heterocycles. The molecular weight excluding hydrogens is 559 g/mol. The van der Waals surface area contributed by atoms with Crippen molar-refractivity contribution in [2.24, 2.45) is 0 Å². The molecule has 0 aliphatic carbocycles. The van der Waals surface area contributed by atoms with E-state index < -0.39 is 17.8 Å². The van der Waals surface area contributed by atoms with Gasteiger partial charge in [0.25, 0.3) is 11.8 Å². The Bertz CT molecular complexity index is 997. The first-order valence-corrected chi connectivity index (χ1v) is 10.5. The van der Waals surface area contributed by atoms with Crippen LogP contribution in [0.2, 0.25) is 0 Å². The standard InChI is InChI=1S/C19H16BrIN2O6/c1-3-27-10-5-6-14(15(9-10)28-4-2)23-18(25)12(17(24)22-19(23)26)7-11-8-13(20)16(21)29-11/h5-9H,3-4H2,1-2H3,(H,22,24,26)/b12-7+. The van der Waals surface area contributed by atoms with Gasteiger partial charge in [-0.15, -0.1) is 0 Å². The summed E-state index contributed by atoms with van der Waals surface area (Å²) >= 11 is 5.28. The maximum atomic E-state index is 13.0. The monoisotopic (exact) mass is 574 g/mol. The molecule has 0 atom stereocenters.